The molecule has 17 heavy (non-hydrogen) atoms. The van der Waals surface area contributed by atoms with Crippen LogP contribution in [0.15, 0.2) is 23.1 Å². The number of ether oxygens (including phenoxy) is 2. The molecule has 0 atom stereocenters. The monoisotopic (exact) mass is 266 g/mol. The fraction of sp³-hybridized carbons (Fsp3) is 0.300. The van der Waals surface area contributed by atoms with E-state index >= 15 is 0 Å². The Morgan fingerprint density at radius 3 is 2.53 bits per heavy atom. The van der Waals surface area contributed by atoms with Gasteiger partial charge in [0.2, 0.25) is 0 Å². The third-order valence-corrected chi connectivity index (χ3v) is 2.05. The molecule has 0 heterocycles. The van der Waals surface area contributed by atoms with Gasteiger partial charge < -0.3 is 9.47 Å². The second-order valence-corrected chi connectivity index (χ2v) is 3.43. The van der Waals surface area contributed by atoms with Crippen molar-refractivity contribution in [3.63, 3.8) is 0 Å². The Morgan fingerprint density at radius 1 is 1.41 bits per heavy atom. The summed E-state index contributed by atoms with van der Waals surface area (Å²) in [7, 11) is 0. The molecular formula is C10H9F3O3S. The highest BCUT2D eigenvalue weighted by molar-refractivity contribution is 7.80. The van der Waals surface area contributed by atoms with E-state index < -0.39 is 18.1 Å². The maximum atomic E-state index is 12.0. The van der Waals surface area contributed by atoms with Crippen molar-refractivity contribution in [2.75, 3.05) is 6.61 Å². The zero-order chi connectivity index (χ0) is 13.1. The van der Waals surface area contributed by atoms with Crippen LogP contribution in [0, 0.1) is 0 Å². The molecule has 0 saturated carbocycles. The average Bonchev–Trinajstić information content (AvgIpc) is 2.19. The lowest BCUT2D eigenvalue weighted by Crippen LogP contribution is -2.17. The SMILES string of the molecule is CCOC(=O)c1ccc(OC(F)(F)F)c(S)c1. The molecule has 0 aliphatic heterocycles. The molecule has 1 aromatic carbocycles. The second kappa shape index (κ2) is 5.31. The van der Waals surface area contributed by atoms with Crippen LogP contribution in [-0.2, 0) is 4.74 Å². The van der Waals surface area contributed by atoms with E-state index in [1.165, 1.54) is 6.07 Å². The standard InChI is InChI=1S/C10H9F3O3S/c1-2-15-9(14)6-3-4-7(8(17)5-6)16-10(11,12)13/h3-5,17H,2H2,1H3. The Morgan fingerprint density at radius 2 is 2.06 bits per heavy atom. The molecule has 0 aliphatic rings. The lowest BCUT2D eigenvalue weighted by molar-refractivity contribution is -0.275. The number of hydrogen-bond acceptors (Lipinski definition) is 4. The summed E-state index contributed by atoms with van der Waals surface area (Å²) in [4.78, 5) is 11.2. The van der Waals surface area contributed by atoms with E-state index in [1.807, 2.05) is 0 Å². The van der Waals surface area contributed by atoms with Crippen LogP contribution in [0.5, 0.6) is 5.75 Å². The molecule has 0 spiro atoms. The summed E-state index contributed by atoms with van der Waals surface area (Å²) < 4.78 is 44.2. The van der Waals surface area contributed by atoms with E-state index in [2.05, 4.69) is 22.1 Å². The Kier molecular flexibility index (Phi) is 4.28. The van der Waals surface area contributed by atoms with Gasteiger partial charge in [-0.15, -0.1) is 25.8 Å². The van der Waals surface area contributed by atoms with Crippen molar-refractivity contribution in [2.24, 2.45) is 0 Å². The van der Waals surface area contributed by atoms with E-state index in [0.717, 1.165) is 12.1 Å². The normalized spacial score (nSPS) is 11.1. The highest BCUT2D eigenvalue weighted by Crippen LogP contribution is 2.29. The molecule has 1 aromatic rings. The van der Waals surface area contributed by atoms with Crippen molar-refractivity contribution in [3.05, 3.63) is 23.8 Å². The first-order valence-electron chi connectivity index (χ1n) is 4.59. The number of alkyl halides is 3. The number of hydrogen-bond donors (Lipinski definition) is 1. The van der Waals surface area contributed by atoms with Crippen molar-refractivity contribution in [1.29, 1.82) is 0 Å². The number of thiol groups is 1. The van der Waals surface area contributed by atoms with Gasteiger partial charge in [0.15, 0.2) is 0 Å². The number of esters is 1. The van der Waals surface area contributed by atoms with Gasteiger partial charge in [-0.1, -0.05) is 0 Å². The summed E-state index contributed by atoms with van der Waals surface area (Å²) >= 11 is 3.81. The summed E-state index contributed by atoms with van der Waals surface area (Å²) in [5, 5.41) is 0. The van der Waals surface area contributed by atoms with Gasteiger partial charge in [-0.2, -0.15) is 0 Å². The van der Waals surface area contributed by atoms with Crippen molar-refractivity contribution < 1.29 is 27.4 Å². The first-order valence-corrected chi connectivity index (χ1v) is 5.04. The van der Waals surface area contributed by atoms with Crippen molar-refractivity contribution in [3.8, 4) is 5.75 Å². The third kappa shape index (κ3) is 4.18. The number of halogens is 3. The van der Waals surface area contributed by atoms with Crippen LogP contribution in [0.4, 0.5) is 13.2 Å². The molecule has 7 heteroatoms. The molecule has 0 aliphatic carbocycles. The minimum absolute atomic E-state index is 0.0899. The van der Waals surface area contributed by atoms with Crippen molar-refractivity contribution in [1.82, 2.24) is 0 Å². The molecule has 1 rings (SSSR count). The lowest BCUT2D eigenvalue weighted by Gasteiger charge is -2.11. The molecule has 0 fully saturated rings. The Labute approximate surface area is 101 Å². The van der Waals surface area contributed by atoms with Crippen LogP contribution in [0.1, 0.15) is 17.3 Å². The topological polar surface area (TPSA) is 35.5 Å². The molecule has 0 amide bonds. The van der Waals surface area contributed by atoms with E-state index in [1.54, 1.807) is 6.92 Å². The van der Waals surface area contributed by atoms with E-state index in [-0.39, 0.29) is 17.1 Å². The Balaban J connectivity index is 2.90. The lowest BCUT2D eigenvalue weighted by atomic mass is 10.2. The number of carbonyl (C=O) groups is 1. The second-order valence-electron chi connectivity index (χ2n) is 2.95. The zero-order valence-corrected chi connectivity index (χ0v) is 9.64. The third-order valence-electron chi connectivity index (χ3n) is 1.70. The number of benzene rings is 1. The van der Waals surface area contributed by atoms with Gasteiger partial charge in [0.1, 0.15) is 5.75 Å². The highest BCUT2D eigenvalue weighted by atomic mass is 32.1. The molecule has 0 unspecified atom stereocenters. The summed E-state index contributed by atoms with van der Waals surface area (Å²) in [6, 6.07) is 3.35. The zero-order valence-electron chi connectivity index (χ0n) is 8.75. The van der Waals surface area contributed by atoms with Gasteiger partial charge in [-0.05, 0) is 25.1 Å². The van der Waals surface area contributed by atoms with E-state index in [9.17, 15) is 18.0 Å². The molecule has 3 nitrogen and oxygen atoms in total. The average molecular weight is 266 g/mol. The summed E-state index contributed by atoms with van der Waals surface area (Å²) in [6.45, 7) is 1.81. The molecular weight excluding hydrogens is 257 g/mol. The molecule has 0 saturated heterocycles. The van der Waals surface area contributed by atoms with Crippen molar-refractivity contribution in [2.45, 2.75) is 18.2 Å². The predicted octanol–water partition coefficient (Wildman–Crippen LogP) is 3.05. The minimum atomic E-state index is -4.79. The maximum absolute atomic E-state index is 12.0. The quantitative estimate of drug-likeness (QED) is 0.674. The van der Waals surface area contributed by atoms with Crippen molar-refractivity contribution >= 4 is 18.6 Å². The molecule has 0 aromatic heterocycles. The number of rotatable bonds is 3. The molecule has 0 radical (unpaired) electrons. The fourth-order valence-corrected chi connectivity index (χ4v) is 1.33. The highest BCUT2D eigenvalue weighted by Gasteiger charge is 2.32. The van der Waals surface area contributed by atoms with Gasteiger partial charge in [0.05, 0.1) is 12.2 Å². The summed E-state index contributed by atoms with van der Waals surface area (Å²) in [6.07, 6.45) is -4.79. The summed E-state index contributed by atoms with van der Waals surface area (Å²) in [5.74, 6) is -1.09. The fourth-order valence-electron chi connectivity index (χ4n) is 1.07. The van der Waals surface area contributed by atoms with Crippen LogP contribution in [0.25, 0.3) is 0 Å². The van der Waals surface area contributed by atoms with Crippen LogP contribution in [0.2, 0.25) is 0 Å². The Bertz CT molecular complexity index is 418. The Hall–Kier alpha value is -1.37. The van der Waals surface area contributed by atoms with E-state index in [4.69, 9.17) is 0 Å². The van der Waals surface area contributed by atoms with Crippen LogP contribution >= 0.6 is 12.6 Å². The molecule has 0 N–H and O–H groups in total. The largest absolute Gasteiger partial charge is 0.573 e. The first-order chi connectivity index (χ1) is 7.83. The molecule has 0 bridgehead atoms. The van der Waals surface area contributed by atoms with Gasteiger partial charge >= 0.3 is 12.3 Å². The first kappa shape index (κ1) is 13.7. The van der Waals surface area contributed by atoms with Gasteiger partial charge in [-0.25, -0.2) is 4.79 Å². The smallest absolute Gasteiger partial charge is 0.462 e. The minimum Gasteiger partial charge on any atom is -0.462 e. The van der Waals surface area contributed by atoms with Gasteiger partial charge in [0, 0.05) is 4.90 Å². The molecule has 94 valence electrons. The van der Waals surface area contributed by atoms with Gasteiger partial charge in [0.25, 0.3) is 0 Å². The predicted molar refractivity (Wildman–Crippen MR) is 56.3 cm³/mol. The van der Waals surface area contributed by atoms with Crippen LogP contribution < -0.4 is 4.74 Å². The summed E-state index contributed by atoms with van der Waals surface area (Å²) in [5.41, 5.74) is 0.117. The number of carbonyl (C=O) groups excluding carboxylic acids is 1. The van der Waals surface area contributed by atoms with E-state index in [0.29, 0.717) is 0 Å². The maximum Gasteiger partial charge on any atom is 0.573 e. The van der Waals surface area contributed by atoms with Crippen LogP contribution in [0.3, 0.4) is 0 Å². The van der Waals surface area contributed by atoms with Crippen LogP contribution in [-0.4, -0.2) is 18.9 Å². The van der Waals surface area contributed by atoms with Gasteiger partial charge in [-0.3, -0.25) is 0 Å².